The Kier molecular flexibility index (Phi) is 17.9. The molecule has 0 saturated heterocycles. The standard InChI is InChI=1S/2C16H16N4O5S.Co.Li/c2*1-10(21)15(16(23)18-11-5-3-2-4-6-11)20-19-13-9-12(26(17,24)25)7-8-14(13)22;;/h2*2-9,21-22H,1H3,(H,18,23)(H2,17,24,25);;/q;;;+1/b2*15-10-,20-19?;;. The molecule has 54 heavy (non-hydrogen) atoms. The molecule has 0 saturated carbocycles. The number of aliphatic hydroxyl groups is 2. The minimum Gasteiger partial charge on any atom is -0.510 e. The number of nitrogens with zero attached hydrogens (tertiary/aromatic N) is 4. The van der Waals surface area contributed by atoms with Gasteiger partial charge in [0.1, 0.15) is 34.4 Å². The van der Waals surface area contributed by atoms with Gasteiger partial charge in [0.05, 0.1) is 9.79 Å². The molecule has 4 aromatic rings. The fourth-order valence-corrected chi connectivity index (χ4v) is 4.78. The number of carbonyl (C=O) groups is 2. The van der Waals surface area contributed by atoms with Crippen molar-refractivity contribution in [3.8, 4) is 11.5 Å². The van der Waals surface area contributed by atoms with Crippen molar-refractivity contribution in [3.05, 3.63) is 120 Å². The summed E-state index contributed by atoms with van der Waals surface area (Å²) in [5, 5.41) is 68.5. The molecule has 0 atom stereocenters. The van der Waals surface area contributed by atoms with E-state index in [2.05, 4.69) is 31.1 Å². The number of phenolic OH excluding ortho intramolecular Hbond substituents is 2. The number of anilines is 2. The van der Waals surface area contributed by atoms with Crippen LogP contribution in [0.4, 0.5) is 22.7 Å². The number of azo groups is 2. The second-order valence-electron chi connectivity index (χ2n) is 10.3. The van der Waals surface area contributed by atoms with Gasteiger partial charge in [-0.2, -0.15) is 0 Å². The molecule has 0 spiro atoms. The Bertz CT molecular complexity index is 2140. The minimum atomic E-state index is -4.01. The number of allylic oxidation sites excluding steroid dienone is 2. The van der Waals surface area contributed by atoms with Gasteiger partial charge < -0.3 is 31.1 Å². The van der Waals surface area contributed by atoms with E-state index in [-0.39, 0.29) is 68.3 Å². The van der Waals surface area contributed by atoms with E-state index in [0.717, 1.165) is 36.4 Å². The Labute approximate surface area is 331 Å². The van der Waals surface area contributed by atoms with Crippen molar-refractivity contribution < 1.29 is 82.5 Å². The molecular weight excluding hydrogens is 786 g/mol. The summed E-state index contributed by atoms with van der Waals surface area (Å²) in [5.74, 6) is -3.04. The van der Waals surface area contributed by atoms with Crippen LogP contribution in [0.15, 0.2) is 150 Å². The number of para-hydroxylation sites is 2. The van der Waals surface area contributed by atoms with Crippen molar-refractivity contribution in [3.63, 3.8) is 0 Å². The third-order valence-corrected chi connectivity index (χ3v) is 8.07. The number of carbonyl (C=O) groups excluding carboxylic acids is 2. The van der Waals surface area contributed by atoms with E-state index in [0.29, 0.717) is 11.4 Å². The Hall–Kier alpha value is -5.38. The van der Waals surface area contributed by atoms with Crippen molar-refractivity contribution >= 4 is 54.6 Å². The summed E-state index contributed by atoms with van der Waals surface area (Å²) >= 11 is 0. The van der Waals surface area contributed by atoms with Crippen LogP contribution < -0.4 is 39.8 Å². The van der Waals surface area contributed by atoms with Crippen LogP contribution in [0, 0.1) is 0 Å². The molecular formula is C32H32CoLiN8O10S2+. The molecule has 0 aliphatic carbocycles. The van der Waals surface area contributed by atoms with Gasteiger partial charge in [0.15, 0.2) is 11.4 Å². The third kappa shape index (κ3) is 14.2. The number of aliphatic hydroxyl groups excluding tert-OH is 2. The van der Waals surface area contributed by atoms with Gasteiger partial charge in [0, 0.05) is 28.2 Å². The summed E-state index contributed by atoms with van der Waals surface area (Å²) in [6.07, 6.45) is 0. The number of primary sulfonamides is 2. The number of nitrogens with one attached hydrogen (secondary N) is 2. The van der Waals surface area contributed by atoms with Gasteiger partial charge >= 0.3 is 18.9 Å². The molecule has 2 amide bonds. The SMILES string of the molecule is C/C(O)=C(/N=Nc1cc(S(N)(=O)=O)ccc1O)C(=O)Nc1ccccc1.C/C(O)=C(/N=Nc1cc(S(N)(=O)=O)ccc1O)C(=O)Nc1ccccc1.[Co].[Li+]. The van der Waals surface area contributed by atoms with Gasteiger partial charge in [-0.15, -0.1) is 20.5 Å². The van der Waals surface area contributed by atoms with Crippen LogP contribution in [0.2, 0.25) is 0 Å². The molecule has 0 fully saturated rings. The van der Waals surface area contributed by atoms with Gasteiger partial charge in [-0.3, -0.25) is 9.59 Å². The maximum Gasteiger partial charge on any atom is 1.00 e. The molecule has 0 bridgehead atoms. The van der Waals surface area contributed by atoms with Crippen molar-refractivity contribution in [2.45, 2.75) is 23.6 Å². The molecule has 281 valence electrons. The minimum absolute atomic E-state index is 0. The predicted octanol–water partition coefficient (Wildman–Crippen LogP) is 2.10. The average molecular weight is 819 g/mol. The monoisotopic (exact) mass is 818 g/mol. The fourth-order valence-electron chi connectivity index (χ4n) is 3.72. The van der Waals surface area contributed by atoms with Crippen molar-refractivity contribution in [2.24, 2.45) is 30.7 Å². The van der Waals surface area contributed by atoms with E-state index < -0.39 is 54.8 Å². The molecule has 1 radical (unpaired) electrons. The molecule has 18 nitrogen and oxygen atoms in total. The zero-order valence-electron chi connectivity index (χ0n) is 28.6. The van der Waals surface area contributed by atoms with Gasteiger partial charge in [-0.05, 0) is 74.5 Å². The topological polar surface area (TPSA) is 309 Å². The van der Waals surface area contributed by atoms with Gasteiger partial charge in [0.2, 0.25) is 20.0 Å². The summed E-state index contributed by atoms with van der Waals surface area (Å²) in [5.41, 5.74) is -0.329. The number of rotatable bonds is 10. The first-order chi connectivity index (χ1) is 24.4. The number of benzene rings is 4. The summed E-state index contributed by atoms with van der Waals surface area (Å²) in [7, 11) is -8.01. The summed E-state index contributed by atoms with van der Waals surface area (Å²) in [6.45, 7) is 2.47. The number of aromatic hydroxyl groups is 2. The van der Waals surface area contributed by atoms with Crippen LogP contribution in [0.25, 0.3) is 0 Å². The molecule has 22 heteroatoms. The first-order valence-electron chi connectivity index (χ1n) is 14.4. The van der Waals surface area contributed by atoms with E-state index in [4.69, 9.17) is 10.3 Å². The number of nitrogens with two attached hydrogens (primary N) is 2. The summed E-state index contributed by atoms with van der Waals surface area (Å²) in [4.78, 5) is 23.9. The van der Waals surface area contributed by atoms with Crippen molar-refractivity contribution in [2.75, 3.05) is 10.6 Å². The van der Waals surface area contributed by atoms with Crippen molar-refractivity contribution in [1.29, 1.82) is 0 Å². The van der Waals surface area contributed by atoms with Crippen molar-refractivity contribution in [1.82, 2.24) is 0 Å². The smallest absolute Gasteiger partial charge is 0.510 e. The molecule has 0 unspecified atom stereocenters. The molecule has 4 aromatic carbocycles. The largest absolute Gasteiger partial charge is 1.00 e. The molecule has 0 aromatic heterocycles. The van der Waals surface area contributed by atoms with Gasteiger partial charge in [0.25, 0.3) is 11.8 Å². The first-order valence-corrected chi connectivity index (χ1v) is 17.5. The second-order valence-corrected chi connectivity index (χ2v) is 13.4. The van der Waals surface area contributed by atoms with Crippen LogP contribution in [0.1, 0.15) is 13.8 Å². The van der Waals surface area contributed by atoms with E-state index in [1.54, 1.807) is 60.7 Å². The third-order valence-electron chi connectivity index (χ3n) is 6.25. The molecule has 4 rings (SSSR count). The summed E-state index contributed by atoms with van der Waals surface area (Å²) in [6, 6.07) is 23.3. The number of hydrogen-bond donors (Lipinski definition) is 8. The Morgan fingerprint density at radius 2 is 0.907 bits per heavy atom. The van der Waals surface area contributed by atoms with Crippen LogP contribution in [0.3, 0.4) is 0 Å². The number of sulfonamides is 2. The Morgan fingerprint density at radius 1 is 0.593 bits per heavy atom. The average Bonchev–Trinajstić information content (AvgIpc) is 3.06. The maximum atomic E-state index is 12.2. The van der Waals surface area contributed by atoms with Crippen LogP contribution >= 0.6 is 0 Å². The molecule has 0 aliphatic heterocycles. The number of phenols is 2. The van der Waals surface area contributed by atoms with Crippen LogP contribution in [0.5, 0.6) is 11.5 Å². The van der Waals surface area contributed by atoms with Crippen LogP contribution in [-0.4, -0.2) is 49.1 Å². The normalized spacial score (nSPS) is 12.2. The zero-order valence-corrected chi connectivity index (χ0v) is 31.2. The predicted molar refractivity (Wildman–Crippen MR) is 189 cm³/mol. The molecule has 0 aliphatic rings. The fraction of sp³-hybridized carbons (Fsp3) is 0.0625. The Balaban J connectivity index is 0.000000521. The first kappa shape index (κ1) is 46.6. The quantitative estimate of drug-likeness (QED) is 0.0499. The molecule has 0 heterocycles. The maximum absolute atomic E-state index is 12.2. The van der Waals surface area contributed by atoms with Crippen LogP contribution in [-0.2, 0) is 46.4 Å². The molecule has 10 N–H and O–H groups in total. The van der Waals surface area contributed by atoms with E-state index in [1.165, 1.54) is 13.8 Å². The van der Waals surface area contributed by atoms with Gasteiger partial charge in [-0.1, -0.05) is 36.4 Å². The number of amides is 2. The van der Waals surface area contributed by atoms with E-state index in [9.17, 15) is 46.9 Å². The zero-order chi connectivity index (χ0) is 38.6. The van der Waals surface area contributed by atoms with E-state index >= 15 is 0 Å². The van der Waals surface area contributed by atoms with E-state index in [1.807, 2.05) is 0 Å². The second kappa shape index (κ2) is 20.8. The van der Waals surface area contributed by atoms with Gasteiger partial charge in [-0.25, -0.2) is 27.1 Å². The summed E-state index contributed by atoms with van der Waals surface area (Å²) < 4.78 is 45.5. The Morgan fingerprint density at radius 3 is 1.19 bits per heavy atom. The number of hydrogen-bond acceptors (Lipinski definition) is 14.